The number of aliphatic hydroxyl groups is 1. The standard InChI is InChI=1S/C41H44N4O6/c46-35-15-13-33(34-14-16-38(48)43-40(34)35)36(47)24-42-20-17-27-9-11-28(12-10-27)26-50-32-8-4-7-31(23-32)39(30-5-2-1-3-6-30)44-41(49)51-37-25-45-21-18-29(37)19-22-45/h1-16,23,29,36-37,39,42,46-47H,17-22,24-26H2,(H,43,48)(H,44,49)/t36-,37-,39-/m0/s1. The van der Waals surface area contributed by atoms with Crippen LogP contribution >= 0.6 is 0 Å². The average molecular weight is 689 g/mol. The van der Waals surface area contributed by atoms with Crippen molar-refractivity contribution in [2.75, 3.05) is 32.7 Å². The largest absolute Gasteiger partial charge is 0.506 e. The van der Waals surface area contributed by atoms with Gasteiger partial charge in [-0.3, -0.25) is 9.69 Å². The summed E-state index contributed by atoms with van der Waals surface area (Å²) in [6.07, 6.45) is 1.66. The number of phenolic OH excluding ortho intramolecular Hbond substituents is 1. The first-order valence-electron chi connectivity index (χ1n) is 17.7. The Hall–Kier alpha value is -5.16. The van der Waals surface area contributed by atoms with Crippen molar-refractivity contribution in [2.45, 2.75) is 44.1 Å². The molecule has 10 heteroatoms. The van der Waals surface area contributed by atoms with Crippen LogP contribution in [0.4, 0.5) is 4.79 Å². The lowest BCUT2D eigenvalue weighted by Crippen LogP contribution is -2.52. The smallest absolute Gasteiger partial charge is 0.408 e. The molecule has 0 saturated carbocycles. The summed E-state index contributed by atoms with van der Waals surface area (Å²) >= 11 is 0. The van der Waals surface area contributed by atoms with Crippen molar-refractivity contribution in [3.05, 3.63) is 141 Å². The fourth-order valence-corrected chi connectivity index (χ4v) is 7.22. The minimum Gasteiger partial charge on any atom is -0.506 e. The Morgan fingerprint density at radius 1 is 0.902 bits per heavy atom. The van der Waals surface area contributed by atoms with Gasteiger partial charge in [-0.05, 0) is 96.9 Å². The van der Waals surface area contributed by atoms with E-state index in [0.29, 0.717) is 47.8 Å². The molecule has 3 fully saturated rings. The zero-order valence-corrected chi connectivity index (χ0v) is 28.5. The number of aromatic hydroxyl groups is 1. The van der Waals surface area contributed by atoms with Gasteiger partial charge in [-0.25, -0.2) is 4.79 Å². The van der Waals surface area contributed by atoms with E-state index in [-0.39, 0.29) is 23.5 Å². The van der Waals surface area contributed by atoms with Crippen LogP contribution in [0.15, 0.2) is 108 Å². The van der Waals surface area contributed by atoms with E-state index in [0.717, 1.165) is 61.2 Å². The monoisotopic (exact) mass is 688 g/mol. The predicted molar refractivity (Wildman–Crippen MR) is 196 cm³/mol. The number of ether oxygens (including phenoxy) is 2. The first-order valence-corrected chi connectivity index (χ1v) is 17.7. The first kappa shape index (κ1) is 34.3. The normalized spacial score (nSPS) is 19.4. The molecule has 0 spiro atoms. The minimum atomic E-state index is -0.806. The molecule has 2 bridgehead atoms. The highest BCUT2D eigenvalue weighted by atomic mass is 16.6. The van der Waals surface area contributed by atoms with Crippen LogP contribution in [-0.2, 0) is 17.8 Å². The molecule has 4 aromatic carbocycles. The average Bonchev–Trinajstić information content (AvgIpc) is 3.16. The molecule has 1 amide bonds. The molecule has 0 unspecified atom stereocenters. The number of phenols is 1. The zero-order valence-electron chi connectivity index (χ0n) is 28.5. The Balaban J connectivity index is 0.913. The van der Waals surface area contributed by atoms with Gasteiger partial charge in [0.2, 0.25) is 5.56 Å². The van der Waals surface area contributed by atoms with Crippen molar-refractivity contribution < 1.29 is 24.5 Å². The number of hydrogen-bond acceptors (Lipinski definition) is 8. The Kier molecular flexibility index (Phi) is 10.6. The third kappa shape index (κ3) is 8.42. The second-order valence-corrected chi connectivity index (χ2v) is 13.5. The van der Waals surface area contributed by atoms with Crippen molar-refractivity contribution in [1.29, 1.82) is 0 Å². The number of benzene rings is 4. The maximum atomic E-state index is 13.2. The molecule has 5 aromatic rings. The van der Waals surface area contributed by atoms with Gasteiger partial charge < -0.3 is 35.3 Å². The van der Waals surface area contributed by atoms with Crippen molar-refractivity contribution in [1.82, 2.24) is 20.5 Å². The molecule has 51 heavy (non-hydrogen) atoms. The molecule has 10 nitrogen and oxygen atoms in total. The molecule has 3 aliphatic rings. The van der Waals surface area contributed by atoms with Gasteiger partial charge in [0, 0.05) is 24.5 Å². The summed E-state index contributed by atoms with van der Waals surface area (Å²) in [5, 5.41) is 28.0. The molecule has 3 atom stereocenters. The number of aliphatic hydroxyl groups excluding tert-OH is 1. The molecule has 3 saturated heterocycles. The fourth-order valence-electron chi connectivity index (χ4n) is 7.22. The quantitative estimate of drug-likeness (QED) is 0.101. The van der Waals surface area contributed by atoms with E-state index in [9.17, 15) is 19.8 Å². The highest BCUT2D eigenvalue weighted by Crippen LogP contribution is 2.31. The number of amides is 1. The van der Waals surface area contributed by atoms with E-state index in [1.54, 1.807) is 12.1 Å². The van der Waals surface area contributed by atoms with Crippen molar-refractivity contribution in [3.63, 3.8) is 0 Å². The summed E-state index contributed by atoms with van der Waals surface area (Å²) < 4.78 is 12.2. The number of fused-ring (bicyclic) bond motifs is 4. The first-order chi connectivity index (χ1) is 24.9. The van der Waals surface area contributed by atoms with Gasteiger partial charge in [0.1, 0.15) is 24.2 Å². The van der Waals surface area contributed by atoms with E-state index < -0.39 is 12.2 Å². The maximum Gasteiger partial charge on any atom is 0.408 e. The van der Waals surface area contributed by atoms with Gasteiger partial charge in [0.15, 0.2) is 0 Å². The Labute approximate surface area is 297 Å². The molecule has 3 aliphatic heterocycles. The highest BCUT2D eigenvalue weighted by molar-refractivity contribution is 5.87. The van der Waals surface area contributed by atoms with Gasteiger partial charge >= 0.3 is 6.09 Å². The number of nitrogens with one attached hydrogen (secondary N) is 3. The van der Waals surface area contributed by atoms with Crippen LogP contribution in [-0.4, -0.2) is 65.0 Å². The molecule has 0 radical (unpaired) electrons. The van der Waals surface area contributed by atoms with Gasteiger partial charge in [-0.1, -0.05) is 72.8 Å². The molecule has 264 valence electrons. The number of rotatable bonds is 13. The molecule has 5 N–H and O–H groups in total. The van der Waals surface area contributed by atoms with Crippen LogP contribution in [0.3, 0.4) is 0 Å². The lowest BCUT2D eigenvalue weighted by molar-refractivity contribution is -0.0336. The number of carbonyl (C=O) groups is 1. The number of piperidine rings is 3. The molecule has 0 aliphatic carbocycles. The van der Waals surface area contributed by atoms with Crippen LogP contribution < -0.4 is 20.9 Å². The number of alkyl carbamates (subject to hydrolysis) is 1. The molecular weight excluding hydrogens is 644 g/mol. The van der Waals surface area contributed by atoms with E-state index in [2.05, 4.69) is 44.8 Å². The van der Waals surface area contributed by atoms with Crippen molar-refractivity contribution in [2.24, 2.45) is 5.92 Å². The summed E-state index contributed by atoms with van der Waals surface area (Å²) in [4.78, 5) is 29.9. The van der Waals surface area contributed by atoms with Crippen LogP contribution in [0.25, 0.3) is 10.9 Å². The summed E-state index contributed by atoms with van der Waals surface area (Å²) in [5.74, 6) is 1.11. The summed E-state index contributed by atoms with van der Waals surface area (Å²) in [7, 11) is 0. The van der Waals surface area contributed by atoms with E-state index in [1.807, 2.05) is 54.6 Å². The second kappa shape index (κ2) is 15.8. The van der Waals surface area contributed by atoms with E-state index >= 15 is 0 Å². The Bertz CT molecular complexity index is 1990. The summed E-state index contributed by atoms with van der Waals surface area (Å²) in [6, 6.07) is 31.8. The van der Waals surface area contributed by atoms with Crippen LogP contribution in [0.2, 0.25) is 0 Å². The molecule has 8 rings (SSSR count). The van der Waals surface area contributed by atoms with Gasteiger partial charge in [-0.15, -0.1) is 0 Å². The number of nitrogens with zero attached hydrogens (tertiary/aromatic N) is 1. The Morgan fingerprint density at radius 3 is 2.43 bits per heavy atom. The van der Waals surface area contributed by atoms with Crippen molar-refractivity contribution in [3.8, 4) is 11.5 Å². The predicted octanol–water partition coefficient (Wildman–Crippen LogP) is 5.59. The number of aromatic nitrogens is 1. The van der Waals surface area contributed by atoms with Gasteiger partial charge in [0.25, 0.3) is 0 Å². The van der Waals surface area contributed by atoms with Crippen LogP contribution in [0.5, 0.6) is 11.5 Å². The SMILES string of the molecule is O=C(N[C@@H](c1ccccc1)c1cccc(OCc2ccc(CCNC[C@H](O)c3ccc(O)c4[nH]c(=O)ccc34)cc2)c1)O[C@H]1CN2CCC1CC2. The molecule has 1 aromatic heterocycles. The van der Waals surface area contributed by atoms with Gasteiger partial charge in [-0.2, -0.15) is 0 Å². The van der Waals surface area contributed by atoms with E-state index in [4.69, 9.17) is 9.47 Å². The summed E-state index contributed by atoms with van der Waals surface area (Å²) in [6.45, 7) is 4.37. The molecular formula is C41H44N4O6. The third-order valence-corrected chi connectivity index (χ3v) is 10.1. The Morgan fingerprint density at radius 2 is 1.67 bits per heavy atom. The molecule has 4 heterocycles. The topological polar surface area (TPSA) is 136 Å². The highest BCUT2D eigenvalue weighted by Gasteiger charge is 2.37. The minimum absolute atomic E-state index is 0.0311. The zero-order chi connectivity index (χ0) is 35.2. The second-order valence-electron chi connectivity index (χ2n) is 13.5. The maximum absolute atomic E-state index is 13.2. The van der Waals surface area contributed by atoms with Gasteiger partial charge in [0.05, 0.1) is 17.7 Å². The number of carbonyl (C=O) groups excluding carboxylic acids is 1. The lowest BCUT2D eigenvalue weighted by atomic mass is 9.86. The third-order valence-electron chi connectivity index (χ3n) is 10.1. The van der Waals surface area contributed by atoms with Crippen LogP contribution in [0, 0.1) is 5.92 Å². The lowest BCUT2D eigenvalue weighted by Gasteiger charge is -2.43. The summed E-state index contributed by atoms with van der Waals surface area (Å²) in [5.41, 5.74) is 4.70. The van der Waals surface area contributed by atoms with Crippen molar-refractivity contribution >= 4 is 17.0 Å². The number of H-pyrrole nitrogens is 1. The number of aromatic amines is 1. The number of pyridine rings is 1. The van der Waals surface area contributed by atoms with E-state index in [1.165, 1.54) is 12.1 Å². The fraction of sp³-hybridized carbons (Fsp3) is 0.317. The number of hydrogen-bond donors (Lipinski definition) is 5. The van der Waals surface area contributed by atoms with Crippen LogP contribution in [0.1, 0.15) is 52.8 Å².